The molecule has 5 rings (SSSR count). The SMILES string of the molecule is CC[C@@H]1[C@@H]2CN(C(=O)[C@H](C(C)(C)C)NC(=O)O[C@@H]3CCC[C@H]3CCCCCCc3nc4ccc(OCC(F)(F)F)cc4nc3O2)[C@@H]1C(C)=O. The number of ketones is 1. The molecule has 270 valence electrons. The van der Waals surface area contributed by atoms with Crippen LogP contribution in [0.2, 0.25) is 0 Å². The molecule has 2 bridgehead atoms. The average Bonchev–Trinajstić information content (AvgIpc) is 3.62. The number of alkyl halides is 3. The molecule has 1 N–H and O–H groups in total. The smallest absolute Gasteiger partial charge is 0.422 e. The Bertz CT molecular complexity index is 1510. The number of ether oxygens (including phenoxy) is 3. The fourth-order valence-corrected chi connectivity index (χ4v) is 7.59. The minimum atomic E-state index is -4.49. The van der Waals surface area contributed by atoms with Gasteiger partial charge in [0.05, 0.1) is 23.6 Å². The highest BCUT2D eigenvalue weighted by Crippen LogP contribution is 2.36. The number of alkyl carbamates (subject to hydrolysis) is 1. The lowest BCUT2D eigenvalue weighted by molar-refractivity contribution is -0.153. The molecule has 6 atom stereocenters. The van der Waals surface area contributed by atoms with Crippen LogP contribution in [-0.4, -0.2) is 76.3 Å². The molecule has 2 amide bonds. The number of hydrogen-bond donors (Lipinski definition) is 1. The van der Waals surface area contributed by atoms with Gasteiger partial charge < -0.3 is 24.4 Å². The summed E-state index contributed by atoms with van der Waals surface area (Å²) in [5, 5.41) is 2.86. The second kappa shape index (κ2) is 15.1. The Morgan fingerprint density at radius 1 is 0.980 bits per heavy atom. The van der Waals surface area contributed by atoms with Crippen LogP contribution in [0.4, 0.5) is 18.0 Å². The monoisotopic (exact) mass is 690 g/mol. The van der Waals surface area contributed by atoms with Crippen molar-refractivity contribution in [2.45, 2.75) is 129 Å². The summed E-state index contributed by atoms with van der Waals surface area (Å²) in [7, 11) is 0. The number of Topliss-reactive ketones (excluding diaryl/α,β-unsaturated/α-hetero) is 1. The molecule has 1 saturated carbocycles. The van der Waals surface area contributed by atoms with Crippen LogP contribution in [-0.2, 0) is 20.7 Å². The Morgan fingerprint density at radius 3 is 2.41 bits per heavy atom. The fraction of sp³-hybridized carbons (Fsp3) is 0.694. The van der Waals surface area contributed by atoms with Gasteiger partial charge >= 0.3 is 12.3 Å². The number of benzene rings is 1. The molecule has 0 radical (unpaired) electrons. The second-order valence-electron chi connectivity index (χ2n) is 14.8. The fourth-order valence-electron chi connectivity index (χ4n) is 7.59. The van der Waals surface area contributed by atoms with Gasteiger partial charge in [0.15, 0.2) is 12.4 Å². The minimum absolute atomic E-state index is 0.000323. The molecule has 3 aliphatic rings. The summed E-state index contributed by atoms with van der Waals surface area (Å²) in [6.07, 6.45) is 2.56. The zero-order valence-electron chi connectivity index (χ0n) is 29.1. The summed E-state index contributed by atoms with van der Waals surface area (Å²) in [5.41, 5.74) is 0.709. The number of aryl methyl sites for hydroxylation is 1. The number of halogens is 3. The number of carbonyl (C=O) groups excluding carboxylic acids is 3. The van der Waals surface area contributed by atoms with Gasteiger partial charge in [0.2, 0.25) is 11.8 Å². The maximum atomic E-state index is 14.4. The summed E-state index contributed by atoms with van der Waals surface area (Å²) in [6.45, 7) is 7.59. The van der Waals surface area contributed by atoms with Gasteiger partial charge in [0, 0.05) is 12.0 Å². The van der Waals surface area contributed by atoms with Crippen molar-refractivity contribution in [2.24, 2.45) is 17.3 Å². The van der Waals surface area contributed by atoms with Crippen molar-refractivity contribution in [1.29, 1.82) is 0 Å². The van der Waals surface area contributed by atoms with Crippen LogP contribution >= 0.6 is 0 Å². The van der Waals surface area contributed by atoms with E-state index >= 15 is 0 Å². The highest BCUT2D eigenvalue weighted by atomic mass is 19.4. The first-order chi connectivity index (χ1) is 23.1. The standard InChI is InChI=1S/C36H49F3N4O6/c1-6-24-29-19-43(30(24)21(2)44)33(45)31(35(3,4)5)42-34(46)49-28-15-11-13-22(28)12-9-7-8-10-14-26-32(48-29)41-27-18-23(16-17-25(27)40-26)47-20-36(37,38)39/h16-18,22,24,28-31H,6-15,19-20H2,1-5H3,(H,42,46)/t22-,24-,28-,29+,30-,31-/m1/s1. The Kier molecular flexibility index (Phi) is 11.3. The van der Waals surface area contributed by atoms with Crippen LogP contribution in [0.3, 0.4) is 0 Å². The Balaban J connectivity index is 1.51. The largest absolute Gasteiger partial charge is 0.484 e. The molecule has 10 nitrogen and oxygen atoms in total. The van der Waals surface area contributed by atoms with Crippen molar-refractivity contribution in [3.63, 3.8) is 0 Å². The van der Waals surface area contributed by atoms with Crippen LogP contribution in [0.25, 0.3) is 11.0 Å². The molecule has 0 unspecified atom stereocenters. The minimum Gasteiger partial charge on any atom is -0.484 e. The van der Waals surface area contributed by atoms with Crippen molar-refractivity contribution in [2.75, 3.05) is 13.2 Å². The first-order valence-corrected chi connectivity index (χ1v) is 17.6. The van der Waals surface area contributed by atoms with E-state index in [0.717, 1.165) is 51.4 Å². The molecule has 1 saturated heterocycles. The van der Waals surface area contributed by atoms with Gasteiger partial charge in [-0.1, -0.05) is 47.0 Å². The topological polar surface area (TPSA) is 120 Å². The highest BCUT2D eigenvalue weighted by molar-refractivity contribution is 5.92. The summed E-state index contributed by atoms with van der Waals surface area (Å²) in [4.78, 5) is 51.9. The molecular formula is C36H49F3N4O6. The van der Waals surface area contributed by atoms with Crippen LogP contribution in [0.5, 0.6) is 11.6 Å². The third-order valence-corrected chi connectivity index (χ3v) is 10.1. The molecular weight excluding hydrogens is 641 g/mol. The number of carbonyl (C=O) groups is 3. The van der Waals surface area contributed by atoms with E-state index in [0.29, 0.717) is 29.6 Å². The Labute approximate surface area is 285 Å². The molecule has 3 heterocycles. The van der Waals surface area contributed by atoms with E-state index in [-0.39, 0.29) is 41.9 Å². The van der Waals surface area contributed by atoms with E-state index in [4.69, 9.17) is 24.2 Å². The quantitative estimate of drug-likeness (QED) is 0.366. The summed E-state index contributed by atoms with van der Waals surface area (Å²) >= 11 is 0. The average molecular weight is 691 g/mol. The van der Waals surface area contributed by atoms with Gasteiger partial charge in [-0.15, -0.1) is 0 Å². The number of hydrogen-bond acceptors (Lipinski definition) is 8. The Hall–Kier alpha value is -3.64. The lowest BCUT2D eigenvalue weighted by atomic mass is 9.85. The van der Waals surface area contributed by atoms with Crippen LogP contribution in [0, 0.1) is 17.3 Å². The Morgan fingerprint density at radius 2 is 1.71 bits per heavy atom. The molecule has 2 aliphatic heterocycles. The molecule has 1 aromatic heterocycles. The van der Waals surface area contributed by atoms with E-state index in [1.807, 2.05) is 27.7 Å². The van der Waals surface area contributed by atoms with Crippen LogP contribution in [0.1, 0.15) is 98.1 Å². The van der Waals surface area contributed by atoms with Crippen molar-refractivity contribution in [3.8, 4) is 11.6 Å². The van der Waals surface area contributed by atoms with Gasteiger partial charge in [-0.05, 0) is 75.3 Å². The predicted molar refractivity (Wildman–Crippen MR) is 176 cm³/mol. The lowest BCUT2D eigenvalue weighted by Gasteiger charge is -2.35. The van der Waals surface area contributed by atoms with E-state index in [2.05, 4.69) is 5.32 Å². The van der Waals surface area contributed by atoms with E-state index in [9.17, 15) is 27.6 Å². The number of nitrogens with zero attached hydrogens (tertiary/aromatic N) is 3. The van der Waals surface area contributed by atoms with Gasteiger partial charge in [0.25, 0.3) is 0 Å². The summed E-state index contributed by atoms with van der Waals surface area (Å²) < 4.78 is 56.0. The molecule has 0 spiro atoms. The van der Waals surface area contributed by atoms with Crippen LogP contribution < -0.4 is 14.8 Å². The third kappa shape index (κ3) is 8.94. The molecule has 49 heavy (non-hydrogen) atoms. The maximum absolute atomic E-state index is 14.4. The van der Waals surface area contributed by atoms with Gasteiger partial charge in [-0.2, -0.15) is 13.2 Å². The second-order valence-corrected chi connectivity index (χ2v) is 14.8. The van der Waals surface area contributed by atoms with Crippen molar-refractivity contribution in [3.05, 3.63) is 23.9 Å². The van der Waals surface area contributed by atoms with E-state index in [1.165, 1.54) is 24.0 Å². The molecule has 2 aromatic rings. The third-order valence-electron chi connectivity index (χ3n) is 10.1. The molecule has 2 fully saturated rings. The first kappa shape index (κ1) is 36.6. The lowest BCUT2D eigenvalue weighted by Crippen LogP contribution is -2.57. The van der Waals surface area contributed by atoms with E-state index < -0.39 is 48.4 Å². The number of aromatic nitrogens is 2. The van der Waals surface area contributed by atoms with Crippen molar-refractivity contribution in [1.82, 2.24) is 20.2 Å². The van der Waals surface area contributed by atoms with Gasteiger partial charge in [-0.3, -0.25) is 9.59 Å². The van der Waals surface area contributed by atoms with Gasteiger partial charge in [0.1, 0.15) is 29.7 Å². The summed E-state index contributed by atoms with van der Waals surface area (Å²) in [5.74, 6) is -0.494. The van der Waals surface area contributed by atoms with Crippen molar-refractivity contribution < 1.29 is 41.8 Å². The molecule has 13 heteroatoms. The summed E-state index contributed by atoms with van der Waals surface area (Å²) in [6, 6.07) is 2.66. The number of rotatable bonds is 4. The van der Waals surface area contributed by atoms with Crippen LogP contribution in [0.15, 0.2) is 18.2 Å². The predicted octanol–water partition coefficient (Wildman–Crippen LogP) is 6.96. The normalized spacial score (nSPS) is 27.6. The van der Waals surface area contributed by atoms with Crippen molar-refractivity contribution >= 4 is 28.8 Å². The van der Waals surface area contributed by atoms with Gasteiger partial charge in [-0.25, -0.2) is 14.8 Å². The number of nitrogens with one attached hydrogen (secondary N) is 1. The zero-order chi connectivity index (χ0) is 35.5. The molecule has 1 aliphatic carbocycles. The number of fused-ring (bicyclic) bond motifs is 5. The first-order valence-electron chi connectivity index (χ1n) is 17.6. The number of amides is 2. The zero-order valence-corrected chi connectivity index (χ0v) is 29.1. The highest BCUT2D eigenvalue weighted by Gasteiger charge is 2.50. The maximum Gasteiger partial charge on any atom is 0.422 e. The van der Waals surface area contributed by atoms with E-state index in [1.54, 1.807) is 6.07 Å². The molecule has 1 aromatic carbocycles.